The number of carbonyl (C=O) groups is 3. The predicted molar refractivity (Wildman–Crippen MR) is 134 cm³/mol. The van der Waals surface area contributed by atoms with E-state index in [1.165, 1.54) is 36.3 Å². The fourth-order valence-electron chi connectivity index (χ4n) is 7.32. The van der Waals surface area contributed by atoms with Gasteiger partial charge in [-0.2, -0.15) is 0 Å². The first kappa shape index (κ1) is 23.5. The van der Waals surface area contributed by atoms with Crippen LogP contribution < -0.4 is 10.1 Å². The van der Waals surface area contributed by atoms with Crippen LogP contribution in [0.15, 0.2) is 35.9 Å². The summed E-state index contributed by atoms with van der Waals surface area (Å²) in [6.45, 7) is 3.16. The maximum Gasteiger partial charge on any atom is 0.325 e. The zero-order chi connectivity index (χ0) is 24.8. The van der Waals surface area contributed by atoms with Crippen molar-refractivity contribution < 1.29 is 19.1 Å². The van der Waals surface area contributed by atoms with Gasteiger partial charge in [-0.25, -0.2) is 4.79 Å². The summed E-state index contributed by atoms with van der Waals surface area (Å²) >= 11 is 0. The highest BCUT2D eigenvalue weighted by molar-refractivity contribution is 6.05. The molecule has 4 heterocycles. The number of rotatable bonds is 5. The first-order valence-corrected chi connectivity index (χ1v) is 13.5. The average molecular weight is 493 g/mol. The van der Waals surface area contributed by atoms with Gasteiger partial charge in [0.25, 0.3) is 5.91 Å². The van der Waals surface area contributed by atoms with E-state index < -0.39 is 12.1 Å². The van der Waals surface area contributed by atoms with Gasteiger partial charge in [-0.15, -0.1) is 0 Å². The number of benzene rings is 1. The van der Waals surface area contributed by atoms with Crippen molar-refractivity contribution in [2.45, 2.75) is 69.6 Å². The minimum absolute atomic E-state index is 0.0187. The number of imide groups is 1. The number of ether oxygens (including phenoxy) is 1. The summed E-state index contributed by atoms with van der Waals surface area (Å²) in [7, 11) is 1.60. The van der Waals surface area contributed by atoms with Crippen LogP contribution >= 0.6 is 0 Å². The van der Waals surface area contributed by atoms with E-state index in [0.717, 1.165) is 43.7 Å². The van der Waals surface area contributed by atoms with Crippen molar-refractivity contribution in [3.05, 3.63) is 41.5 Å². The summed E-state index contributed by atoms with van der Waals surface area (Å²) in [5, 5.41) is 2.76. The van der Waals surface area contributed by atoms with Gasteiger partial charge in [0.05, 0.1) is 26.1 Å². The first-order valence-electron chi connectivity index (χ1n) is 13.5. The summed E-state index contributed by atoms with van der Waals surface area (Å²) < 4.78 is 5.18. The Hall–Kier alpha value is -2.87. The molecule has 2 bridgehead atoms. The number of piperidine rings is 3. The van der Waals surface area contributed by atoms with E-state index in [4.69, 9.17) is 4.74 Å². The predicted octanol–water partition coefficient (Wildman–Crippen LogP) is 2.93. The molecule has 1 N–H and O–H groups in total. The van der Waals surface area contributed by atoms with E-state index >= 15 is 0 Å². The van der Waals surface area contributed by atoms with Gasteiger partial charge >= 0.3 is 6.03 Å². The number of fused-ring (bicyclic) bond motifs is 6. The molecule has 4 saturated heterocycles. The molecule has 1 aliphatic carbocycles. The number of methoxy groups -OCH3 is 1. The molecule has 6 rings (SSSR count). The number of hydrogen-bond donors (Lipinski definition) is 1. The lowest BCUT2D eigenvalue weighted by atomic mass is 9.68. The van der Waals surface area contributed by atoms with Crippen molar-refractivity contribution in [1.82, 2.24) is 20.0 Å². The molecule has 5 atom stereocenters. The van der Waals surface area contributed by atoms with Crippen LogP contribution in [0, 0.1) is 11.8 Å². The molecule has 0 spiro atoms. The minimum Gasteiger partial charge on any atom is -0.497 e. The van der Waals surface area contributed by atoms with Gasteiger partial charge in [-0.05, 0) is 68.2 Å². The summed E-state index contributed by atoms with van der Waals surface area (Å²) in [5.41, 5.74) is 2.27. The Morgan fingerprint density at radius 1 is 1.11 bits per heavy atom. The van der Waals surface area contributed by atoms with E-state index in [-0.39, 0.29) is 30.8 Å². The second-order valence-electron chi connectivity index (χ2n) is 11.1. The quantitative estimate of drug-likeness (QED) is 0.505. The number of amides is 4. The lowest BCUT2D eigenvalue weighted by molar-refractivity contribution is -0.139. The molecule has 0 aromatic heterocycles. The average Bonchev–Trinajstić information content (AvgIpc) is 3.16. The van der Waals surface area contributed by atoms with E-state index in [0.29, 0.717) is 17.9 Å². The number of urea groups is 1. The summed E-state index contributed by atoms with van der Waals surface area (Å²) in [6, 6.07) is 6.89. The smallest absolute Gasteiger partial charge is 0.325 e. The second-order valence-corrected chi connectivity index (χ2v) is 11.1. The molecule has 8 heteroatoms. The van der Waals surface area contributed by atoms with Gasteiger partial charge in [0.1, 0.15) is 11.8 Å². The third-order valence-corrected chi connectivity index (χ3v) is 8.96. The number of likely N-dealkylation sites (tertiary alicyclic amines) is 1. The largest absolute Gasteiger partial charge is 0.497 e. The Balaban J connectivity index is 1.14. The summed E-state index contributed by atoms with van der Waals surface area (Å²) in [4.78, 5) is 45.2. The number of nitrogens with zero attached hydrogens (tertiary/aromatic N) is 3. The molecule has 0 radical (unpaired) electrons. The van der Waals surface area contributed by atoms with Crippen LogP contribution in [0.25, 0.3) is 0 Å². The lowest BCUT2D eigenvalue weighted by Gasteiger charge is -2.54. The fourth-order valence-corrected chi connectivity index (χ4v) is 7.32. The summed E-state index contributed by atoms with van der Waals surface area (Å²) in [5.74, 6) is 1.46. The van der Waals surface area contributed by atoms with Crippen molar-refractivity contribution in [3.8, 4) is 5.75 Å². The number of hydrogen-bond acceptors (Lipinski definition) is 5. The normalized spacial score (nSPS) is 31.9. The molecule has 4 fully saturated rings. The van der Waals surface area contributed by atoms with Crippen molar-refractivity contribution in [1.29, 1.82) is 0 Å². The minimum atomic E-state index is -0.799. The van der Waals surface area contributed by atoms with E-state index in [1.807, 2.05) is 29.2 Å². The highest BCUT2D eigenvalue weighted by atomic mass is 16.5. The third kappa shape index (κ3) is 4.19. The monoisotopic (exact) mass is 492 g/mol. The zero-order valence-electron chi connectivity index (χ0n) is 21.0. The first-order chi connectivity index (χ1) is 17.5. The molecular formula is C28H36N4O4. The molecule has 1 aromatic rings. The van der Waals surface area contributed by atoms with Crippen LogP contribution in [0.3, 0.4) is 0 Å². The van der Waals surface area contributed by atoms with Crippen molar-refractivity contribution in [2.24, 2.45) is 11.8 Å². The Bertz CT molecular complexity index is 1070. The van der Waals surface area contributed by atoms with Crippen LogP contribution in [0.5, 0.6) is 5.75 Å². The standard InChI is InChI=1S/C28H36N4O4/c1-36-22-9-7-18(8-10-22)16-32-27(34)23(29-28(32)35)15-25(33)31-12-4-5-19-13-20-14-21(26(19)31)17-30-11-3-2-6-24(20)30/h7-10,13,20-21,23-24,26H,2-6,11-12,14-17H2,1H3,(H,29,35)/t20?,21?,23-,24?,26?/m0/s1. The molecule has 8 nitrogen and oxygen atoms in total. The molecule has 36 heavy (non-hydrogen) atoms. The Morgan fingerprint density at radius 2 is 1.94 bits per heavy atom. The van der Waals surface area contributed by atoms with Gasteiger partial charge in [0, 0.05) is 19.1 Å². The Morgan fingerprint density at radius 3 is 2.75 bits per heavy atom. The fraction of sp³-hybridized carbons (Fsp3) is 0.607. The van der Waals surface area contributed by atoms with E-state index in [1.54, 1.807) is 7.11 Å². The molecule has 4 amide bonds. The van der Waals surface area contributed by atoms with Gasteiger partial charge < -0.3 is 15.0 Å². The molecule has 4 unspecified atom stereocenters. The van der Waals surface area contributed by atoms with Crippen LogP contribution in [-0.4, -0.2) is 77.4 Å². The van der Waals surface area contributed by atoms with Crippen LogP contribution in [0.1, 0.15) is 50.5 Å². The third-order valence-electron chi connectivity index (χ3n) is 8.96. The highest BCUT2D eigenvalue weighted by Crippen LogP contribution is 2.45. The van der Waals surface area contributed by atoms with Gasteiger partial charge in [0.15, 0.2) is 0 Å². The number of carbonyl (C=O) groups excluding carboxylic acids is 3. The number of nitrogens with one attached hydrogen (secondary N) is 1. The maximum absolute atomic E-state index is 13.6. The molecular weight excluding hydrogens is 456 g/mol. The molecule has 192 valence electrons. The van der Waals surface area contributed by atoms with Crippen LogP contribution in [-0.2, 0) is 16.1 Å². The summed E-state index contributed by atoms with van der Waals surface area (Å²) in [6.07, 6.45) is 9.63. The van der Waals surface area contributed by atoms with E-state index in [9.17, 15) is 14.4 Å². The van der Waals surface area contributed by atoms with Gasteiger partial charge in [0.2, 0.25) is 5.91 Å². The van der Waals surface area contributed by atoms with E-state index in [2.05, 4.69) is 16.3 Å². The molecule has 1 aromatic carbocycles. The van der Waals surface area contributed by atoms with Crippen molar-refractivity contribution in [2.75, 3.05) is 26.7 Å². The molecule has 5 aliphatic rings. The lowest BCUT2D eigenvalue weighted by Crippen LogP contribution is -2.60. The van der Waals surface area contributed by atoms with Gasteiger partial charge in [-0.1, -0.05) is 30.2 Å². The molecule has 4 aliphatic heterocycles. The maximum atomic E-state index is 13.6. The Labute approximate surface area is 212 Å². The SMILES string of the molecule is COc1ccc(CN2C(=O)N[C@@H](CC(=O)N3CCCC4=CC5CC(CN6CCCCC56)C43)C2=O)cc1. The zero-order valence-corrected chi connectivity index (χ0v) is 21.0. The van der Waals surface area contributed by atoms with Crippen molar-refractivity contribution >= 4 is 17.8 Å². The second kappa shape index (κ2) is 9.54. The highest BCUT2D eigenvalue weighted by Gasteiger charge is 2.48. The molecule has 0 saturated carbocycles. The van der Waals surface area contributed by atoms with Crippen LogP contribution in [0.4, 0.5) is 4.79 Å². The topological polar surface area (TPSA) is 82.2 Å². The van der Waals surface area contributed by atoms with Crippen LogP contribution in [0.2, 0.25) is 0 Å². The Kier molecular flexibility index (Phi) is 6.23. The van der Waals surface area contributed by atoms with Gasteiger partial charge in [-0.3, -0.25) is 19.4 Å². The van der Waals surface area contributed by atoms with Crippen molar-refractivity contribution in [3.63, 3.8) is 0 Å².